The molecular formula is C13H26OSi. The maximum absolute atomic E-state index is 6.32. The lowest BCUT2D eigenvalue weighted by Gasteiger charge is -2.37. The van der Waals surface area contributed by atoms with Gasteiger partial charge in [0.2, 0.25) is 0 Å². The zero-order chi connectivity index (χ0) is 10.7. The molecule has 0 amide bonds. The number of hydrogen-bond acceptors (Lipinski definition) is 1. The maximum atomic E-state index is 6.32. The van der Waals surface area contributed by atoms with Crippen molar-refractivity contribution in [3.63, 3.8) is 0 Å². The number of rotatable bonds is 2. The van der Waals surface area contributed by atoms with Crippen LogP contribution < -0.4 is 0 Å². The summed E-state index contributed by atoms with van der Waals surface area (Å²) >= 11 is 0. The van der Waals surface area contributed by atoms with Crippen molar-refractivity contribution in [1.82, 2.24) is 0 Å². The van der Waals surface area contributed by atoms with E-state index in [0.29, 0.717) is 6.10 Å². The predicted octanol–water partition coefficient (Wildman–Crippen LogP) is 4.34. The Hall–Kier alpha value is 0.177. The predicted molar refractivity (Wildman–Crippen MR) is 67.6 cm³/mol. The number of hydrogen-bond donors (Lipinski definition) is 0. The zero-order valence-corrected chi connectivity index (χ0v) is 11.4. The van der Waals surface area contributed by atoms with Crippen LogP contribution in [0.25, 0.3) is 0 Å². The van der Waals surface area contributed by atoms with Gasteiger partial charge in [-0.15, -0.1) is 0 Å². The normalized spacial score (nSPS) is 32.8. The molecule has 1 unspecified atom stereocenters. The summed E-state index contributed by atoms with van der Waals surface area (Å²) in [5, 5.41) is 0. The summed E-state index contributed by atoms with van der Waals surface area (Å²) in [6.07, 6.45) is 12.1. The average molecular weight is 226 g/mol. The van der Waals surface area contributed by atoms with Crippen LogP contribution in [0, 0.1) is 5.92 Å². The summed E-state index contributed by atoms with van der Waals surface area (Å²) in [7, 11) is -1.24. The molecule has 1 atom stereocenters. The van der Waals surface area contributed by atoms with E-state index in [-0.39, 0.29) is 0 Å². The van der Waals surface area contributed by atoms with Crippen molar-refractivity contribution in [3.05, 3.63) is 0 Å². The Kier molecular flexibility index (Phi) is 3.89. The van der Waals surface area contributed by atoms with Crippen LogP contribution in [0.2, 0.25) is 19.1 Å². The summed E-state index contributed by atoms with van der Waals surface area (Å²) in [6, 6.07) is 1.38. The third kappa shape index (κ3) is 3.60. The first-order chi connectivity index (χ1) is 7.16. The minimum absolute atomic E-state index is 0.628. The molecule has 0 N–H and O–H groups in total. The van der Waals surface area contributed by atoms with Crippen molar-refractivity contribution < 1.29 is 4.43 Å². The summed E-state index contributed by atoms with van der Waals surface area (Å²) in [4.78, 5) is 0. The van der Waals surface area contributed by atoms with Crippen LogP contribution in [0.1, 0.15) is 51.4 Å². The summed E-state index contributed by atoms with van der Waals surface area (Å²) in [5.41, 5.74) is 0. The minimum Gasteiger partial charge on any atom is -0.414 e. The molecular weight excluding hydrogens is 200 g/mol. The minimum atomic E-state index is -1.24. The van der Waals surface area contributed by atoms with E-state index < -0.39 is 8.32 Å². The highest BCUT2D eigenvalue weighted by atomic mass is 28.4. The van der Waals surface area contributed by atoms with Crippen LogP contribution in [-0.2, 0) is 4.43 Å². The molecule has 0 spiro atoms. The van der Waals surface area contributed by atoms with Crippen molar-refractivity contribution in [1.29, 1.82) is 0 Å². The molecule has 1 aliphatic heterocycles. The van der Waals surface area contributed by atoms with Gasteiger partial charge < -0.3 is 4.43 Å². The van der Waals surface area contributed by atoms with E-state index in [0.717, 1.165) is 5.92 Å². The van der Waals surface area contributed by atoms with E-state index in [9.17, 15) is 0 Å². The fourth-order valence-electron chi connectivity index (χ4n) is 3.29. The molecule has 0 aromatic heterocycles. The molecule has 2 aliphatic rings. The lowest BCUT2D eigenvalue weighted by molar-refractivity contribution is 0.121. The SMILES string of the molecule is C[Si]1(C)CCCC(CC2CCCCC2)O1. The first-order valence-corrected chi connectivity index (χ1v) is 9.95. The molecule has 1 saturated carbocycles. The standard InChI is InChI=1S/C13H26OSi/c1-15(2)10-6-9-13(14-15)11-12-7-4-3-5-8-12/h12-13H,3-11H2,1-2H3. The van der Waals surface area contributed by atoms with Gasteiger partial charge in [0.05, 0.1) is 0 Å². The van der Waals surface area contributed by atoms with Crippen molar-refractivity contribution in [2.45, 2.75) is 76.6 Å². The molecule has 2 heteroatoms. The molecule has 1 aliphatic carbocycles. The Bertz CT molecular complexity index is 197. The van der Waals surface area contributed by atoms with Crippen LogP contribution in [-0.4, -0.2) is 14.4 Å². The highest BCUT2D eigenvalue weighted by molar-refractivity contribution is 6.71. The van der Waals surface area contributed by atoms with Crippen LogP contribution in [0.3, 0.4) is 0 Å². The van der Waals surface area contributed by atoms with Gasteiger partial charge in [-0.05, 0) is 37.9 Å². The molecule has 88 valence electrons. The summed E-state index contributed by atoms with van der Waals surface area (Å²) in [6.45, 7) is 4.78. The quantitative estimate of drug-likeness (QED) is 0.636. The highest BCUT2D eigenvalue weighted by Gasteiger charge is 2.32. The summed E-state index contributed by atoms with van der Waals surface area (Å²) in [5.74, 6) is 0.992. The Balaban J connectivity index is 1.78. The topological polar surface area (TPSA) is 9.23 Å². The van der Waals surface area contributed by atoms with E-state index in [1.807, 2.05) is 0 Å². The lowest BCUT2D eigenvalue weighted by Crippen LogP contribution is -2.40. The zero-order valence-electron chi connectivity index (χ0n) is 10.4. The van der Waals surface area contributed by atoms with Crippen LogP contribution >= 0.6 is 0 Å². The largest absolute Gasteiger partial charge is 0.414 e. The molecule has 0 aromatic rings. The van der Waals surface area contributed by atoms with E-state index >= 15 is 0 Å². The van der Waals surface area contributed by atoms with Crippen molar-refractivity contribution in [3.8, 4) is 0 Å². The highest BCUT2D eigenvalue weighted by Crippen LogP contribution is 2.33. The third-order valence-corrected chi connectivity index (χ3v) is 6.64. The van der Waals surface area contributed by atoms with Gasteiger partial charge in [-0.2, -0.15) is 0 Å². The first-order valence-electron chi connectivity index (χ1n) is 6.83. The molecule has 15 heavy (non-hydrogen) atoms. The molecule has 0 radical (unpaired) electrons. The van der Waals surface area contributed by atoms with Gasteiger partial charge in [-0.25, -0.2) is 0 Å². The van der Waals surface area contributed by atoms with Gasteiger partial charge in [0.15, 0.2) is 8.32 Å². The fraction of sp³-hybridized carbons (Fsp3) is 1.00. The summed E-state index contributed by atoms with van der Waals surface area (Å²) < 4.78 is 6.32. The van der Waals surface area contributed by atoms with E-state index in [4.69, 9.17) is 4.43 Å². The van der Waals surface area contributed by atoms with E-state index in [1.54, 1.807) is 0 Å². The van der Waals surface area contributed by atoms with Gasteiger partial charge in [-0.1, -0.05) is 38.5 Å². The Morgan fingerprint density at radius 1 is 1.00 bits per heavy atom. The second kappa shape index (κ2) is 5.01. The average Bonchev–Trinajstić information content (AvgIpc) is 2.17. The van der Waals surface area contributed by atoms with E-state index in [1.165, 1.54) is 57.4 Å². The van der Waals surface area contributed by atoms with Crippen molar-refractivity contribution in [2.75, 3.05) is 0 Å². The van der Waals surface area contributed by atoms with Gasteiger partial charge in [-0.3, -0.25) is 0 Å². The third-order valence-electron chi connectivity index (χ3n) is 4.11. The van der Waals surface area contributed by atoms with Crippen LogP contribution in [0.4, 0.5) is 0 Å². The molecule has 0 bridgehead atoms. The molecule has 2 fully saturated rings. The molecule has 1 saturated heterocycles. The van der Waals surface area contributed by atoms with Gasteiger partial charge in [0.25, 0.3) is 0 Å². The Morgan fingerprint density at radius 2 is 1.73 bits per heavy atom. The van der Waals surface area contributed by atoms with Crippen LogP contribution in [0.15, 0.2) is 0 Å². The van der Waals surface area contributed by atoms with Gasteiger partial charge >= 0.3 is 0 Å². The van der Waals surface area contributed by atoms with Crippen molar-refractivity contribution in [2.24, 2.45) is 5.92 Å². The molecule has 0 aromatic carbocycles. The maximum Gasteiger partial charge on any atom is 0.187 e. The molecule has 1 heterocycles. The van der Waals surface area contributed by atoms with Gasteiger partial charge in [0, 0.05) is 6.10 Å². The van der Waals surface area contributed by atoms with E-state index in [2.05, 4.69) is 13.1 Å². The molecule has 2 rings (SSSR count). The first kappa shape index (κ1) is 11.7. The Morgan fingerprint density at radius 3 is 2.40 bits per heavy atom. The van der Waals surface area contributed by atoms with Crippen molar-refractivity contribution >= 4 is 8.32 Å². The fourth-order valence-corrected chi connectivity index (χ4v) is 5.57. The van der Waals surface area contributed by atoms with Gasteiger partial charge in [0.1, 0.15) is 0 Å². The lowest BCUT2D eigenvalue weighted by atomic mass is 9.85. The van der Waals surface area contributed by atoms with Crippen LogP contribution in [0.5, 0.6) is 0 Å². The monoisotopic (exact) mass is 226 g/mol. The smallest absolute Gasteiger partial charge is 0.187 e. The second-order valence-electron chi connectivity index (χ2n) is 6.13. The Labute approximate surface area is 95.7 Å². The second-order valence-corrected chi connectivity index (χ2v) is 10.4. The molecule has 1 nitrogen and oxygen atoms in total.